The SMILES string of the molecule is COC(=O)Nc1ccccc1/C(C)=C/CCCOCc1ccccc1. The van der Waals surface area contributed by atoms with Gasteiger partial charge in [-0.3, -0.25) is 5.32 Å². The summed E-state index contributed by atoms with van der Waals surface area (Å²) in [6.45, 7) is 3.42. The molecule has 0 unspecified atom stereocenters. The van der Waals surface area contributed by atoms with E-state index in [1.807, 2.05) is 49.4 Å². The first-order chi connectivity index (χ1) is 12.2. The molecule has 25 heavy (non-hydrogen) atoms. The van der Waals surface area contributed by atoms with Crippen LogP contribution in [0.1, 0.15) is 30.9 Å². The number of anilines is 1. The predicted octanol–water partition coefficient (Wildman–Crippen LogP) is 5.27. The molecule has 0 saturated carbocycles. The molecule has 0 spiro atoms. The molecular formula is C21H25NO3. The number of allylic oxidation sites excluding steroid dienone is 2. The number of ether oxygens (including phenoxy) is 2. The molecule has 2 aromatic rings. The highest BCUT2D eigenvalue weighted by Crippen LogP contribution is 2.24. The van der Waals surface area contributed by atoms with E-state index in [-0.39, 0.29) is 0 Å². The lowest BCUT2D eigenvalue weighted by atomic mass is 10.0. The van der Waals surface area contributed by atoms with Gasteiger partial charge < -0.3 is 9.47 Å². The molecule has 0 atom stereocenters. The van der Waals surface area contributed by atoms with Crippen molar-refractivity contribution in [1.29, 1.82) is 0 Å². The Labute approximate surface area is 149 Å². The Hall–Kier alpha value is -2.59. The smallest absolute Gasteiger partial charge is 0.411 e. The zero-order chi connectivity index (χ0) is 17.9. The number of hydrogen-bond donors (Lipinski definition) is 1. The Morgan fingerprint density at radius 3 is 2.56 bits per heavy atom. The lowest BCUT2D eigenvalue weighted by Gasteiger charge is -2.11. The largest absolute Gasteiger partial charge is 0.453 e. The van der Waals surface area contributed by atoms with Gasteiger partial charge in [-0.25, -0.2) is 4.79 Å². The molecule has 4 nitrogen and oxygen atoms in total. The molecule has 0 radical (unpaired) electrons. The number of unbranched alkanes of at least 4 members (excludes halogenated alkanes) is 1. The second-order valence-corrected chi connectivity index (χ2v) is 5.73. The molecular weight excluding hydrogens is 314 g/mol. The van der Waals surface area contributed by atoms with Crippen molar-refractivity contribution in [2.24, 2.45) is 0 Å². The van der Waals surface area contributed by atoms with Crippen LogP contribution in [0.5, 0.6) is 0 Å². The maximum Gasteiger partial charge on any atom is 0.411 e. The molecule has 2 rings (SSSR count). The Balaban J connectivity index is 1.80. The highest BCUT2D eigenvalue weighted by Gasteiger charge is 2.07. The number of amides is 1. The van der Waals surface area contributed by atoms with E-state index in [1.165, 1.54) is 12.7 Å². The predicted molar refractivity (Wildman–Crippen MR) is 101 cm³/mol. The van der Waals surface area contributed by atoms with Gasteiger partial charge in [0.1, 0.15) is 0 Å². The molecule has 0 bridgehead atoms. The summed E-state index contributed by atoms with van der Waals surface area (Å²) in [6, 6.07) is 17.9. The molecule has 0 fully saturated rings. The van der Waals surface area contributed by atoms with Crippen molar-refractivity contribution in [1.82, 2.24) is 0 Å². The van der Waals surface area contributed by atoms with Crippen molar-refractivity contribution in [3.63, 3.8) is 0 Å². The van der Waals surface area contributed by atoms with Gasteiger partial charge in [0, 0.05) is 12.2 Å². The van der Waals surface area contributed by atoms with E-state index >= 15 is 0 Å². The van der Waals surface area contributed by atoms with Gasteiger partial charge in [-0.15, -0.1) is 0 Å². The summed E-state index contributed by atoms with van der Waals surface area (Å²) in [6.07, 6.45) is 3.59. The summed E-state index contributed by atoms with van der Waals surface area (Å²) in [5.74, 6) is 0. The van der Waals surface area contributed by atoms with Crippen LogP contribution in [0, 0.1) is 0 Å². The van der Waals surface area contributed by atoms with Crippen molar-refractivity contribution < 1.29 is 14.3 Å². The molecule has 0 aliphatic heterocycles. The fraction of sp³-hybridized carbons (Fsp3) is 0.286. The molecule has 0 heterocycles. The fourth-order valence-electron chi connectivity index (χ4n) is 2.48. The molecule has 132 valence electrons. The summed E-state index contributed by atoms with van der Waals surface area (Å²) in [4.78, 5) is 11.4. The third-order valence-corrected chi connectivity index (χ3v) is 3.83. The van der Waals surface area contributed by atoms with E-state index in [1.54, 1.807) is 0 Å². The van der Waals surface area contributed by atoms with Crippen LogP contribution in [-0.2, 0) is 16.1 Å². The lowest BCUT2D eigenvalue weighted by Crippen LogP contribution is -2.12. The number of carbonyl (C=O) groups is 1. The Kier molecular flexibility index (Phi) is 7.73. The highest BCUT2D eigenvalue weighted by molar-refractivity contribution is 5.89. The van der Waals surface area contributed by atoms with Crippen LogP contribution < -0.4 is 5.32 Å². The van der Waals surface area contributed by atoms with Crippen LogP contribution in [0.2, 0.25) is 0 Å². The highest BCUT2D eigenvalue weighted by atomic mass is 16.5. The van der Waals surface area contributed by atoms with Crippen molar-refractivity contribution in [2.45, 2.75) is 26.4 Å². The minimum atomic E-state index is -0.463. The summed E-state index contributed by atoms with van der Waals surface area (Å²) in [5.41, 5.74) is 4.06. The molecule has 2 aromatic carbocycles. The first kappa shape index (κ1) is 18.7. The van der Waals surface area contributed by atoms with Gasteiger partial charge in [0.25, 0.3) is 0 Å². The van der Waals surface area contributed by atoms with Gasteiger partial charge in [0.2, 0.25) is 0 Å². The Morgan fingerprint density at radius 2 is 1.80 bits per heavy atom. The molecule has 0 aliphatic carbocycles. The monoisotopic (exact) mass is 339 g/mol. The Bertz CT molecular complexity index is 695. The lowest BCUT2D eigenvalue weighted by molar-refractivity contribution is 0.119. The molecule has 0 aliphatic rings. The van der Waals surface area contributed by atoms with E-state index < -0.39 is 6.09 Å². The topological polar surface area (TPSA) is 47.6 Å². The number of benzene rings is 2. The average Bonchev–Trinajstić information content (AvgIpc) is 2.65. The molecule has 1 N–H and O–H groups in total. The zero-order valence-electron chi connectivity index (χ0n) is 14.8. The van der Waals surface area contributed by atoms with Crippen molar-refractivity contribution >= 4 is 17.4 Å². The van der Waals surface area contributed by atoms with Crippen molar-refractivity contribution in [2.75, 3.05) is 19.0 Å². The summed E-state index contributed by atoms with van der Waals surface area (Å²) in [5, 5.41) is 2.74. The van der Waals surface area contributed by atoms with Crippen LogP contribution in [-0.4, -0.2) is 19.8 Å². The number of rotatable bonds is 8. The standard InChI is InChI=1S/C21H25NO3/c1-17(19-13-6-7-14-20(19)22-21(23)24-2)10-8-9-15-25-16-18-11-4-3-5-12-18/h3-7,10-14H,8-9,15-16H2,1-2H3,(H,22,23)/b17-10+. The first-order valence-electron chi connectivity index (χ1n) is 8.43. The number of methoxy groups -OCH3 is 1. The molecule has 1 amide bonds. The zero-order valence-corrected chi connectivity index (χ0v) is 14.8. The van der Waals surface area contributed by atoms with Crippen LogP contribution in [0.25, 0.3) is 5.57 Å². The van der Waals surface area contributed by atoms with E-state index in [2.05, 4.69) is 28.3 Å². The number of para-hydroxylation sites is 1. The van der Waals surface area contributed by atoms with E-state index in [0.29, 0.717) is 6.61 Å². The number of hydrogen-bond acceptors (Lipinski definition) is 3. The van der Waals surface area contributed by atoms with E-state index in [0.717, 1.165) is 36.3 Å². The van der Waals surface area contributed by atoms with Gasteiger partial charge >= 0.3 is 6.09 Å². The summed E-state index contributed by atoms with van der Waals surface area (Å²) in [7, 11) is 1.36. The third kappa shape index (κ3) is 6.43. The minimum Gasteiger partial charge on any atom is -0.453 e. The molecule has 0 saturated heterocycles. The normalized spacial score (nSPS) is 11.2. The van der Waals surface area contributed by atoms with Crippen LogP contribution in [0.3, 0.4) is 0 Å². The van der Waals surface area contributed by atoms with Gasteiger partial charge in [0.05, 0.1) is 19.4 Å². The quantitative estimate of drug-likeness (QED) is 0.667. The Morgan fingerprint density at radius 1 is 1.08 bits per heavy atom. The summed E-state index contributed by atoms with van der Waals surface area (Å²) < 4.78 is 10.4. The average molecular weight is 339 g/mol. The van der Waals surface area contributed by atoms with Crippen LogP contribution >= 0.6 is 0 Å². The maximum atomic E-state index is 11.4. The van der Waals surface area contributed by atoms with Crippen molar-refractivity contribution in [3.05, 3.63) is 71.8 Å². The molecule has 0 aromatic heterocycles. The fourth-order valence-corrected chi connectivity index (χ4v) is 2.48. The van der Waals surface area contributed by atoms with Crippen LogP contribution in [0.4, 0.5) is 10.5 Å². The van der Waals surface area contributed by atoms with Gasteiger partial charge in [0.15, 0.2) is 0 Å². The van der Waals surface area contributed by atoms with E-state index in [9.17, 15) is 4.79 Å². The minimum absolute atomic E-state index is 0.463. The van der Waals surface area contributed by atoms with Crippen LogP contribution in [0.15, 0.2) is 60.7 Å². The second kappa shape index (κ2) is 10.3. The first-order valence-corrected chi connectivity index (χ1v) is 8.43. The van der Waals surface area contributed by atoms with Crippen molar-refractivity contribution in [3.8, 4) is 0 Å². The maximum absolute atomic E-state index is 11.4. The van der Waals surface area contributed by atoms with Gasteiger partial charge in [-0.2, -0.15) is 0 Å². The third-order valence-electron chi connectivity index (χ3n) is 3.83. The number of carbonyl (C=O) groups excluding carboxylic acids is 1. The number of nitrogens with one attached hydrogen (secondary N) is 1. The van der Waals surface area contributed by atoms with E-state index in [4.69, 9.17) is 4.74 Å². The van der Waals surface area contributed by atoms with Gasteiger partial charge in [-0.05, 0) is 37.0 Å². The molecule has 4 heteroatoms. The van der Waals surface area contributed by atoms with Gasteiger partial charge in [-0.1, -0.05) is 54.6 Å². The summed E-state index contributed by atoms with van der Waals surface area (Å²) >= 11 is 0. The second-order valence-electron chi connectivity index (χ2n) is 5.73.